The Morgan fingerprint density at radius 3 is 2.28 bits per heavy atom. The number of rotatable bonds is 5. The van der Waals surface area contributed by atoms with E-state index in [1.54, 1.807) is 0 Å². The summed E-state index contributed by atoms with van der Waals surface area (Å²) >= 11 is 0. The van der Waals surface area contributed by atoms with E-state index in [0.29, 0.717) is 11.6 Å². The quantitative estimate of drug-likeness (QED) is 0.781. The van der Waals surface area contributed by atoms with E-state index in [-0.39, 0.29) is 5.69 Å². The second kappa shape index (κ2) is 5.98. The van der Waals surface area contributed by atoms with Crippen molar-refractivity contribution in [3.05, 3.63) is 23.8 Å². The summed E-state index contributed by atoms with van der Waals surface area (Å²) in [5.74, 6) is 0.506. The summed E-state index contributed by atoms with van der Waals surface area (Å²) < 4.78 is 37.3. The van der Waals surface area contributed by atoms with E-state index < -0.39 is 11.7 Å². The van der Waals surface area contributed by atoms with E-state index in [1.165, 1.54) is 6.07 Å². The number of alkyl halides is 3. The van der Waals surface area contributed by atoms with Gasteiger partial charge in [-0.25, -0.2) is 0 Å². The maximum atomic E-state index is 12.4. The second-order valence-corrected chi connectivity index (χ2v) is 4.36. The minimum absolute atomic E-state index is 0.135. The van der Waals surface area contributed by atoms with Crippen LogP contribution in [-0.2, 0) is 6.18 Å². The molecule has 0 spiro atoms. The summed E-state index contributed by atoms with van der Waals surface area (Å²) in [6.07, 6.45) is -2.28. The number of benzene rings is 1. The lowest BCUT2D eigenvalue weighted by atomic mass is 10.0. The third kappa shape index (κ3) is 3.82. The van der Waals surface area contributed by atoms with Gasteiger partial charge in [0, 0.05) is 6.54 Å². The van der Waals surface area contributed by atoms with Crippen molar-refractivity contribution < 1.29 is 13.2 Å². The molecule has 0 amide bonds. The highest BCUT2D eigenvalue weighted by Gasteiger charge is 2.30. The van der Waals surface area contributed by atoms with Crippen LogP contribution in [0, 0.1) is 5.92 Å². The molecule has 2 nitrogen and oxygen atoms in total. The Balaban J connectivity index is 2.74. The zero-order chi connectivity index (χ0) is 13.8. The maximum absolute atomic E-state index is 12.4. The lowest BCUT2D eigenvalue weighted by Gasteiger charge is -2.16. The molecule has 0 radical (unpaired) electrons. The molecule has 1 rings (SSSR count). The molecular formula is C13H19F3N2. The monoisotopic (exact) mass is 260 g/mol. The number of nitrogens with one attached hydrogen (secondary N) is 1. The lowest BCUT2D eigenvalue weighted by molar-refractivity contribution is -0.137. The molecule has 5 heteroatoms. The van der Waals surface area contributed by atoms with Gasteiger partial charge in [0.2, 0.25) is 0 Å². The van der Waals surface area contributed by atoms with Gasteiger partial charge in [-0.15, -0.1) is 0 Å². The van der Waals surface area contributed by atoms with Crippen LogP contribution in [0.5, 0.6) is 0 Å². The number of anilines is 2. The summed E-state index contributed by atoms with van der Waals surface area (Å²) in [6.45, 7) is 4.90. The van der Waals surface area contributed by atoms with Crippen molar-refractivity contribution in [3.63, 3.8) is 0 Å². The predicted octanol–water partition coefficient (Wildman–Crippen LogP) is 4.14. The molecule has 0 aliphatic rings. The number of nitrogen functional groups attached to an aromatic ring is 1. The first kappa shape index (κ1) is 14.7. The van der Waals surface area contributed by atoms with Crippen LogP contribution in [0.3, 0.4) is 0 Å². The van der Waals surface area contributed by atoms with Crippen LogP contribution in [-0.4, -0.2) is 6.54 Å². The van der Waals surface area contributed by atoms with E-state index in [1.807, 2.05) is 0 Å². The molecule has 0 heterocycles. The summed E-state index contributed by atoms with van der Waals surface area (Å²) in [7, 11) is 0. The minimum atomic E-state index is -4.35. The van der Waals surface area contributed by atoms with Gasteiger partial charge in [-0.05, 0) is 24.1 Å². The Hall–Kier alpha value is -1.39. The van der Waals surface area contributed by atoms with Crippen LogP contribution in [0.25, 0.3) is 0 Å². The molecule has 0 saturated carbocycles. The average molecular weight is 260 g/mol. The predicted molar refractivity (Wildman–Crippen MR) is 68.4 cm³/mol. The van der Waals surface area contributed by atoms with Crippen molar-refractivity contribution in [2.24, 2.45) is 5.92 Å². The van der Waals surface area contributed by atoms with E-state index >= 15 is 0 Å². The van der Waals surface area contributed by atoms with E-state index in [4.69, 9.17) is 5.73 Å². The Morgan fingerprint density at radius 1 is 1.22 bits per heavy atom. The van der Waals surface area contributed by atoms with Crippen molar-refractivity contribution in [2.45, 2.75) is 32.9 Å². The fourth-order valence-electron chi connectivity index (χ4n) is 1.73. The first-order valence-electron chi connectivity index (χ1n) is 6.09. The van der Waals surface area contributed by atoms with E-state index in [2.05, 4.69) is 19.2 Å². The van der Waals surface area contributed by atoms with Gasteiger partial charge < -0.3 is 11.1 Å². The standard InChI is InChI=1S/C13H19F3N2/c1-3-9(4-2)8-18-12-6-5-10(7-11(12)17)13(14,15)16/h5-7,9,18H,3-4,8,17H2,1-2H3. The highest BCUT2D eigenvalue weighted by molar-refractivity contribution is 5.67. The lowest BCUT2D eigenvalue weighted by Crippen LogP contribution is -2.14. The molecule has 18 heavy (non-hydrogen) atoms. The van der Waals surface area contributed by atoms with E-state index in [0.717, 1.165) is 31.5 Å². The third-order valence-corrected chi connectivity index (χ3v) is 3.11. The molecule has 0 unspecified atom stereocenters. The van der Waals surface area contributed by atoms with Crippen molar-refractivity contribution in [1.29, 1.82) is 0 Å². The summed E-state index contributed by atoms with van der Waals surface area (Å²) in [6, 6.07) is 3.40. The Bertz CT molecular complexity index is 384. The van der Waals surface area contributed by atoms with Crippen LogP contribution in [0.4, 0.5) is 24.5 Å². The van der Waals surface area contributed by atoms with Crippen LogP contribution in [0.1, 0.15) is 32.3 Å². The second-order valence-electron chi connectivity index (χ2n) is 4.36. The number of hydrogen-bond acceptors (Lipinski definition) is 2. The Labute approximate surface area is 105 Å². The number of nitrogens with two attached hydrogens (primary N) is 1. The summed E-state index contributed by atoms with van der Waals surface area (Å²) in [5, 5.41) is 3.10. The van der Waals surface area contributed by atoms with Crippen molar-refractivity contribution in [1.82, 2.24) is 0 Å². The van der Waals surface area contributed by atoms with Gasteiger partial charge in [-0.1, -0.05) is 26.7 Å². The highest BCUT2D eigenvalue weighted by atomic mass is 19.4. The van der Waals surface area contributed by atoms with Crippen LogP contribution >= 0.6 is 0 Å². The van der Waals surface area contributed by atoms with Gasteiger partial charge in [-0.2, -0.15) is 13.2 Å². The topological polar surface area (TPSA) is 38.0 Å². The molecule has 0 bridgehead atoms. The molecule has 0 saturated heterocycles. The number of hydrogen-bond donors (Lipinski definition) is 2. The largest absolute Gasteiger partial charge is 0.416 e. The first-order valence-corrected chi connectivity index (χ1v) is 6.09. The summed E-state index contributed by atoms with van der Waals surface area (Å²) in [4.78, 5) is 0. The van der Waals surface area contributed by atoms with Crippen LogP contribution < -0.4 is 11.1 Å². The highest BCUT2D eigenvalue weighted by Crippen LogP contribution is 2.32. The fourth-order valence-corrected chi connectivity index (χ4v) is 1.73. The minimum Gasteiger partial charge on any atom is -0.397 e. The fraction of sp³-hybridized carbons (Fsp3) is 0.538. The summed E-state index contributed by atoms with van der Waals surface area (Å²) in [5.41, 5.74) is 5.61. The molecule has 102 valence electrons. The van der Waals surface area contributed by atoms with Gasteiger partial charge >= 0.3 is 6.18 Å². The average Bonchev–Trinajstić information content (AvgIpc) is 2.30. The molecule has 0 aromatic heterocycles. The molecular weight excluding hydrogens is 241 g/mol. The smallest absolute Gasteiger partial charge is 0.397 e. The van der Waals surface area contributed by atoms with Gasteiger partial charge in [0.05, 0.1) is 16.9 Å². The van der Waals surface area contributed by atoms with Crippen LogP contribution in [0.15, 0.2) is 18.2 Å². The van der Waals surface area contributed by atoms with Crippen molar-refractivity contribution in [2.75, 3.05) is 17.6 Å². The molecule has 1 aromatic rings. The Kier molecular flexibility index (Phi) is 4.87. The zero-order valence-corrected chi connectivity index (χ0v) is 10.6. The SMILES string of the molecule is CCC(CC)CNc1ccc(C(F)(F)F)cc1N. The van der Waals surface area contributed by atoms with Gasteiger partial charge in [-0.3, -0.25) is 0 Å². The maximum Gasteiger partial charge on any atom is 0.416 e. The Morgan fingerprint density at radius 2 is 1.83 bits per heavy atom. The van der Waals surface area contributed by atoms with E-state index in [9.17, 15) is 13.2 Å². The van der Waals surface area contributed by atoms with Gasteiger partial charge in [0.25, 0.3) is 0 Å². The first-order chi connectivity index (χ1) is 8.38. The van der Waals surface area contributed by atoms with Crippen molar-refractivity contribution in [3.8, 4) is 0 Å². The van der Waals surface area contributed by atoms with Gasteiger partial charge in [0.15, 0.2) is 0 Å². The molecule has 0 atom stereocenters. The molecule has 1 aromatic carbocycles. The molecule has 0 aliphatic heterocycles. The molecule has 0 fully saturated rings. The normalized spacial score (nSPS) is 11.9. The van der Waals surface area contributed by atoms with Gasteiger partial charge in [0.1, 0.15) is 0 Å². The van der Waals surface area contributed by atoms with Crippen LogP contribution in [0.2, 0.25) is 0 Å². The molecule has 3 N–H and O–H groups in total. The zero-order valence-electron chi connectivity index (χ0n) is 10.6. The number of halogens is 3. The van der Waals surface area contributed by atoms with Crippen molar-refractivity contribution >= 4 is 11.4 Å². The molecule has 0 aliphatic carbocycles. The third-order valence-electron chi connectivity index (χ3n) is 3.11.